The molecule has 0 fully saturated rings. The lowest BCUT2D eigenvalue weighted by molar-refractivity contribution is 0.102. The van der Waals surface area contributed by atoms with Gasteiger partial charge in [0.1, 0.15) is 17.4 Å². The minimum Gasteiger partial charge on any atom is -0.489 e. The molecule has 0 unspecified atom stereocenters. The molecule has 3 aromatic rings. The lowest BCUT2D eigenvalue weighted by Crippen LogP contribution is -2.15. The van der Waals surface area contributed by atoms with E-state index in [-0.39, 0.29) is 17.8 Å². The first-order valence-corrected chi connectivity index (χ1v) is 9.52. The second-order valence-electron chi connectivity index (χ2n) is 6.85. The number of carbonyl (C=O) groups is 1. The molecule has 0 aliphatic carbocycles. The van der Waals surface area contributed by atoms with E-state index in [9.17, 15) is 9.18 Å². The molecule has 1 aromatic heterocycles. The maximum atomic E-state index is 13.0. The average molecular weight is 393 g/mol. The van der Waals surface area contributed by atoms with Crippen molar-refractivity contribution in [2.24, 2.45) is 0 Å². The smallest absolute Gasteiger partial charge is 0.255 e. The van der Waals surface area contributed by atoms with E-state index < -0.39 is 0 Å². The Labute approximate surface area is 169 Å². The van der Waals surface area contributed by atoms with Gasteiger partial charge < -0.3 is 15.4 Å². The van der Waals surface area contributed by atoms with Crippen LogP contribution >= 0.6 is 0 Å². The zero-order chi connectivity index (χ0) is 20.6. The molecule has 1 heterocycles. The van der Waals surface area contributed by atoms with Crippen LogP contribution in [0.3, 0.4) is 0 Å². The van der Waals surface area contributed by atoms with Crippen LogP contribution in [-0.2, 0) is 6.42 Å². The summed E-state index contributed by atoms with van der Waals surface area (Å²) in [5.41, 5.74) is 2.13. The van der Waals surface area contributed by atoms with Crippen molar-refractivity contribution < 1.29 is 13.9 Å². The lowest BCUT2D eigenvalue weighted by atomic mass is 10.1. The monoisotopic (exact) mass is 393 g/mol. The molecule has 3 rings (SSSR count). The van der Waals surface area contributed by atoms with Crippen molar-refractivity contribution in [3.05, 3.63) is 83.8 Å². The first-order chi connectivity index (χ1) is 14.0. The first-order valence-electron chi connectivity index (χ1n) is 9.52. The van der Waals surface area contributed by atoms with Crippen LogP contribution < -0.4 is 15.4 Å². The number of hydrogen-bond acceptors (Lipinski definition) is 4. The third kappa shape index (κ3) is 6.04. The Morgan fingerprint density at radius 3 is 2.62 bits per heavy atom. The molecule has 6 heteroatoms. The van der Waals surface area contributed by atoms with Gasteiger partial charge in [0.05, 0.1) is 11.8 Å². The molecule has 0 saturated heterocycles. The number of nitrogens with one attached hydrogen (secondary N) is 2. The fraction of sp³-hybridized carbons (Fsp3) is 0.217. The molecule has 2 aromatic carbocycles. The highest BCUT2D eigenvalue weighted by atomic mass is 19.1. The van der Waals surface area contributed by atoms with Gasteiger partial charge in [0.2, 0.25) is 0 Å². The molecule has 2 N–H and O–H groups in total. The summed E-state index contributed by atoms with van der Waals surface area (Å²) in [5, 5.41) is 6.09. The molecule has 0 radical (unpaired) electrons. The number of aromatic nitrogens is 1. The normalized spacial score (nSPS) is 10.6. The minimum absolute atomic E-state index is 0.00545. The van der Waals surface area contributed by atoms with E-state index in [0.29, 0.717) is 29.4 Å². The summed E-state index contributed by atoms with van der Waals surface area (Å²) >= 11 is 0. The van der Waals surface area contributed by atoms with Gasteiger partial charge in [-0.05, 0) is 62.2 Å². The average Bonchev–Trinajstić information content (AvgIpc) is 2.71. The van der Waals surface area contributed by atoms with Crippen LogP contribution in [-0.4, -0.2) is 23.5 Å². The van der Waals surface area contributed by atoms with Gasteiger partial charge in [-0.3, -0.25) is 4.79 Å². The lowest BCUT2D eigenvalue weighted by Gasteiger charge is -2.15. The Morgan fingerprint density at radius 2 is 1.86 bits per heavy atom. The molecule has 0 aliphatic heterocycles. The highest BCUT2D eigenvalue weighted by Gasteiger charge is 2.11. The summed E-state index contributed by atoms with van der Waals surface area (Å²) in [6, 6.07) is 17.1. The summed E-state index contributed by atoms with van der Waals surface area (Å²) in [5.74, 6) is 0.741. The second kappa shape index (κ2) is 9.68. The first kappa shape index (κ1) is 20.3. The summed E-state index contributed by atoms with van der Waals surface area (Å²) in [6.07, 6.45) is 2.31. The third-order valence-electron chi connectivity index (χ3n) is 4.15. The number of hydrogen-bond donors (Lipinski definition) is 2. The van der Waals surface area contributed by atoms with E-state index in [4.69, 9.17) is 4.74 Å². The molecule has 0 saturated carbocycles. The highest BCUT2D eigenvalue weighted by Crippen LogP contribution is 2.25. The fourth-order valence-corrected chi connectivity index (χ4v) is 2.78. The van der Waals surface area contributed by atoms with E-state index in [0.717, 1.165) is 12.0 Å². The fourth-order valence-electron chi connectivity index (χ4n) is 2.78. The molecular weight excluding hydrogens is 369 g/mol. The van der Waals surface area contributed by atoms with Gasteiger partial charge in [0.15, 0.2) is 0 Å². The number of amides is 1. The van der Waals surface area contributed by atoms with E-state index >= 15 is 0 Å². The van der Waals surface area contributed by atoms with Crippen molar-refractivity contribution >= 4 is 17.4 Å². The Hall–Kier alpha value is -3.41. The molecule has 29 heavy (non-hydrogen) atoms. The third-order valence-corrected chi connectivity index (χ3v) is 4.15. The predicted octanol–water partition coefficient (Wildman–Crippen LogP) is 4.91. The summed E-state index contributed by atoms with van der Waals surface area (Å²) in [6.45, 7) is 4.49. The predicted molar refractivity (Wildman–Crippen MR) is 113 cm³/mol. The Bertz CT molecular complexity index is 958. The largest absolute Gasteiger partial charge is 0.489 e. The summed E-state index contributed by atoms with van der Waals surface area (Å²) in [4.78, 5) is 16.9. The maximum Gasteiger partial charge on any atom is 0.255 e. The van der Waals surface area contributed by atoms with Gasteiger partial charge in [-0.15, -0.1) is 0 Å². The number of anilines is 2. The van der Waals surface area contributed by atoms with E-state index in [1.165, 1.54) is 12.1 Å². The van der Waals surface area contributed by atoms with Crippen LogP contribution in [0.5, 0.6) is 5.75 Å². The quantitative estimate of drug-likeness (QED) is 0.570. The number of halogens is 1. The SMILES string of the molecule is CC(C)Oc1ccccc1NC(=O)c1ccnc(NCCc2ccc(F)cc2)c1. The number of carbonyl (C=O) groups excluding carboxylic acids is 1. The van der Waals surface area contributed by atoms with Crippen molar-refractivity contribution in [1.29, 1.82) is 0 Å². The summed E-state index contributed by atoms with van der Waals surface area (Å²) < 4.78 is 18.7. The topological polar surface area (TPSA) is 63.2 Å². The number of para-hydroxylation sites is 2. The van der Waals surface area contributed by atoms with Gasteiger partial charge in [-0.1, -0.05) is 24.3 Å². The van der Waals surface area contributed by atoms with Crippen LogP contribution in [0.1, 0.15) is 29.8 Å². The van der Waals surface area contributed by atoms with Crippen molar-refractivity contribution in [1.82, 2.24) is 4.98 Å². The van der Waals surface area contributed by atoms with E-state index in [2.05, 4.69) is 15.6 Å². The molecule has 5 nitrogen and oxygen atoms in total. The van der Waals surface area contributed by atoms with E-state index in [1.807, 2.05) is 32.0 Å². The highest BCUT2D eigenvalue weighted by molar-refractivity contribution is 6.05. The zero-order valence-electron chi connectivity index (χ0n) is 16.5. The van der Waals surface area contributed by atoms with Gasteiger partial charge in [-0.25, -0.2) is 9.37 Å². The molecular formula is C23H24FN3O2. The number of ether oxygens (including phenoxy) is 1. The maximum absolute atomic E-state index is 13.0. The van der Waals surface area contributed by atoms with Crippen LogP contribution in [0.25, 0.3) is 0 Å². The number of nitrogens with zero attached hydrogens (tertiary/aromatic N) is 1. The van der Waals surface area contributed by atoms with Gasteiger partial charge >= 0.3 is 0 Å². The molecule has 1 amide bonds. The number of rotatable bonds is 8. The van der Waals surface area contributed by atoms with Crippen LogP contribution in [0.4, 0.5) is 15.9 Å². The van der Waals surface area contributed by atoms with Gasteiger partial charge in [0.25, 0.3) is 5.91 Å². The molecule has 0 spiro atoms. The van der Waals surface area contributed by atoms with Crippen LogP contribution in [0, 0.1) is 5.82 Å². The van der Waals surface area contributed by atoms with Gasteiger partial charge in [-0.2, -0.15) is 0 Å². The Balaban J connectivity index is 1.61. The minimum atomic E-state index is -0.248. The second-order valence-corrected chi connectivity index (χ2v) is 6.85. The zero-order valence-corrected chi connectivity index (χ0v) is 16.5. The van der Waals surface area contributed by atoms with Crippen molar-refractivity contribution in [3.63, 3.8) is 0 Å². The van der Waals surface area contributed by atoms with Crippen molar-refractivity contribution in [3.8, 4) is 5.75 Å². The Morgan fingerprint density at radius 1 is 1.10 bits per heavy atom. The van der Waals surface area contributed by atoms with Crippen LogP contribution in [0.2, 0.25) is 0 Å². The van der Waals surface area contributed by atoms with Crippen LogP contribution in [0.15, 0.2) is 66.9 Å². The number of benzene rings is 2. The molecule has 0 aliphatic rings. The standard InChI is InChI=1S/C23H24FN3O2/c1-16(2)29-21-6-4-3-5-20(21)27-23(28)18-12-14-26-22(15-18)25-13-11-17-7-9-19(24)10-8-17/h3-10,12,14-16H,11,13H2,1-2H3,(H,25,26)(H,27,28). The van der Waals surface area contributed by atoms with Crippen molar-refractivity contribution in [2.45, 2.75) is 26.4 Å². The van der Waals surface area contributed by atoms with Crippen molar-refractivity contribution in [2.75, 3.05) is 17.2 Å². The molecule has 150 valence electrons. The van der Waals surface area contributed by atoms with E-state index in [1.54, 1.807) is 36.5 Å². The van der Waals surface area contributed by atoms with Gasteiger partial charge in [0, 0.05) is 18.3 Å². The molecule has 0 bridgehead atoms. The molecule has 0 atom stereocenters. The summed E-state index contributed by atoms with van der Waals surface area (Å²) in [7, 11) is 0. The Kier molecular flexibility index (Phi) is 6.79. The number of pyridine rings is 1.